The van der Waals surface area contributed by atoms with Crippen molar-refractivity contribution in [1.29, 1.82) is 5.41 Å². The van der Waals surface area contributed by atoms with Gasteiger partial charge in [0, 0.05) is 40.7 Å². The van der Waals surface area contributed by atoms with Crippen LogP contribution in [0.1, 0.15) is 47.9 Å². The Bertz CT molecular complexity index is 2620. The molecule has 0 unspecified atom stereocenters. The lowest BCUT2D eigenvalue weighted by Gasteiger charge is -2.20. The predicted molar refractivity (Wildman–Crippen MR) is 182 cm³/mol. The molecule has 2 amide bonds. The fraction of sp³-hybridized carbons (Fsp3) is 0.0938. The molecule has 2 aliphatic rings. The van der Waals surface area contributed by atoms with E-state index in [1.54, 1.807) is 0 Å². The normalized spacial score (nSPS) is 11.7. The van der Waals surface area contributed by atoms with Crippen LogP contribution >= 0.6 is 0 Å². The van der Waals surface area contributed by atoms with E-state index in [4.69, 9.17) is 21.5 Å². The minimum absolute atomic E-state index is 0.00103. The summed E-state index contributed by atoms with van der Waals surface area (Å²) >= 11 is 0. The fourth-order valence-electron chi connectivity index (χ4n) is 5.48. The minimum Gasteiger partial charge on any atom is -0.507 e. The summed E-state index contributed by atoms with van der Waals surface area (Å²) in [6.07, 6.45) is 0.198. The van der Waals surface area contributed by atoms with Gasteiger partial charge in [-0.15, -0.1) is 0 Å². The molecule has 0 saturated carbocycles. The number of fused-ring (bicyclic) bond motifs is 2. The van der Waals surface area contributed by atoms with Crippen molar-refractivity contribution < 1.29 is 64.6 Å². The molecule has 0 aromatic heterocycles. The molecule has 1 aliphatic carbocycles. The van der Waals surface area contributed by atoms with E-state index in [2.05, 4.69) is 15.5 Å². The number of anilines is 1. The van der Waals surface area contributed by atoms with Crippen molar-refractivity contribution in [2.45, 2.75) is 16.2 Å². The van der Waals surface area contributed by atoms with Crippen LogP contribution in [0.4, 0.5) is 5.69 Å². The first-order valence-corrected chi connectivity index (χ1v) is 17.7. The Morgan fingerprint density at radius 2 is 1.38 bits per heavy atom. The third kappa shape index (κ3) is 7.49. The number of phenols is 1. The van der Waals surface area contributed by atoms with Gasteiger partial charge >= 0.3 is 11.9 Å². The number of hydrogen-bond donors (Lipinski definition) is 9. The van der Waals surface area contributed by atoms with Crippen molar-refractivity contribution in [3.63, 3.8) is 0 Å². The Kier molecular flexibility index (Phi) is 10.2. The van der Waals surface area contributed by atoms with Gasteiger partial charge in [0.05, 0.1) is 16.6 Å². The molecule has 0 fully saturated rings. The average Bonchev–Trinajstić information content (AvgIpc) is 3.08. The molecular weight excluding hydrogens is 743 g/mol. The molecule has 0 saturated heterocycles. The molecule has 21 heteroatoms. The number of hydrogen-bond acceptors (Lipinski definition) is 14. The van der Waals surface area contributed by atoms with Gasteiger partial charge in [0.2, 0.25) is 0 Å². The lowest BCUT2D eigenvalue weighted by Crippen LogP contribution is -2.30. The van der Waals surface area contributed by atoms with Gasteiger partial charge in [-0.3, -0.25) is 24.1 Å². The number of aromatic hydroxyl groups is 1. The summed E-state index contributed by atoms with van der Waals surface area (Å²) in [5.41, 5.74) is 3.11. The highest BCUT2D eigenvalue weighted by Crippen LogP contribution is 2.45. The smallest absolute Gasteiger partial charge is 0.360 e. The van der Waals surface area contributed by atoms with Crippen molar-refractivity contribution in [3.8, 4) is 28.2 Å². The highest BCUT2D eigenvalue weighted by atomic mass is 32.2. The Hall–Kier alpha value is -6.39. The first-order chi connectivity index (χ1) is 24.8. The van der Waals surface area contributed by atoms with Crippen LogP contribution in [0.5, 0.6) is 5.75 Å². The molecule has 276 valence electrons. The lowest BCUT2D eigenvalue weighted by atomic mass is 9.89. The Balaban J connectivity index is 1.46. The molecule has 0 atom stereocenters. The molecule has 19 nitrogen and oxygen atoms in total. The van der Waals surface area contributed by atoms with Gasteiger partial charge in [-0.2, -0.15) is 22.7 Å². The SMILES string of the molecule is N=c1ccc2c(-c3ccc(C(=O)NCCCNC(=O)c4ccc(C(=O)ON)c(O)c4)cc3C(=O)O)c3ccc(N)c(S(=O)(=O)O)c3oc-2c1S(=O)(=O)O. The van der Waals surface area contributed by atoms with Gasteiger partial charge < -0.3 is 35.8 Å². The predicted octanol–water partition coefficient (Wildman–Crippen LogP) is 1.74. The second-order valence-corrected chi connectivity index (χ2v) is 13.9. The van der Waals surface area contributed by atoms with Crippen molar-refractivity contribution in [3.05, 3.63) is 88.3 Å². The Morgan fingerprint density at radius 3 is 1.94 bits per heavy atom. The maximum absolute atomic E-state index is 13.0. The van der Waals surface area contributed by atoms with Gasteiger partial charge in [0.25, 0.3) is 32.1 Å². The van der Waals surface area contributed by atoms with E-state index in [0.29, 0.717) is 0 Å². The third-order valence-electron chi connectivity index (χ3n) is 7.81. The van der Waals surface area contributed by atoms with E-state index >= 15 is 0 Å². The quantitative estimate of drug-likeness (QED) is 0.0304. The summed E-state index contributed by atoms with van der Waals surface area (Å²) in [6.45, 7) is 0.0472. The van der Waals surface area contributed by atoms with E-state index in [-0.39, 0.29) is 58.3 Å². The number of phenolic OH excluding ortho intramolecular Hbond substituents is 1. The van der Waals surface area contributed by atoms with Crippen molar-refractivity contribution in [2.75, 3.05) is 18.8 Å². The number of carboxylic acid groups (broad SMARTS) is 1. The number of nitrogens with two attached hydrogens (primary N) is 2. The van der Waals surface area contributed by atoms with E-state index in [9.17, 15) is 55.3 Å². The van der Waals surface area contributed by atoms with Gasteiger partial charge in [0.1, 0.15) is 11.3 Å². The largest absolute Gasteiger partial charge is 0.507 e. The number of carboxylic acids is 1. The topological polar surface area (TPSA) is 340 Å². The van der Waals surface area contributed by atoms with E-state index in [0.717, 1.165) is 30.3 Å². The second kappa shape index (κ2) is 14.3. The zero-order chi connectivity index (χ0) is 39.0. The Labute approximate surface area is 298 Å². The molecule has 53 heavy (non-hydrogen) atoms. The highest BCUT2D eigenvalue weighted by molar-refractivity contribution is 7.86. The van der Waals surface area contributed by atoms with Crippen LogP contribution in [-0.4, -0.2) is 73.0 Å². The number of amides is 2. The van der Waals surface area contributed by atoms with Crippen LogP contribution in [0.3, 0.4) is 0 Å². The molecule has 11 N–H and O–H groups in total. The standard InChI is InChI=1S/C32H27N5O14S2/c33-21-8-6-18-24(19-7-9-22(34)28(53(47,48)49)26(19)50-25(18)27(21)52(44,45)46)16-4-2-14(12-20(16)31(41)42)29(39)36-10-1-11-37-30(40)15-3-5-17(23(38)13-15)32(43)51-35/h2-9,12-13,33,38H,1,10-11,34-35H2,(H,36,39)(H,37,40)(H,41,42)(H,44,45,46)(H,47,48,49). The second-order valence-electron chi connectivity index (χ2n) is 11.2. The van der Waals surface area contributed by atoms with Crippen molar-refractivity contribution >= 4 is 60.6 Å². The van der Waals surface area contributed by atoms with Crippen molar-refractivity contribution in [1.82, 2.24) is 10.6 Å². The Morgan fingerprint density at radius 1 is 0.792 bits per heavy atom. The number of aromatic carboxylic acids is 1. The monoisotopic (exact) mass is 769 g/mol. The highest BCUT2D eigenvalue weighted by Gasteiger charge is 2.32. The van der Waals surface area contributed by atoms with E-state index < -0.39 is 87.5 Å². The number of benzene rings is 4. The number of nitrogen functional groups attached to an aromatic ring is 1. The molecule has 1 aliphatic heterocycles. The fourth-order valence-corrected chi connectivity index (χ4v) is 6.97. The molecule has 0 radical (unpaired) electrons. The van der Waals surface area contributed by atoms with Crippen molar-refractivity contribution in [2.24, 2.45) is 5.90 Å². The zero-order valence-corrected chi connectivity index (χ0v) is 28.4. The average molecular weight is 770 g/mol. The van der Waals surface area contributed by atoms with Crippen LogP contribution in [-0.2, 0) is 25.1 Å². The first-order valence-electron chi connectivity index (χ1n) is 14.8. The summed E-state index contributed by atoms with van der Waals surface area (Å²) < 4.78 is 75.1. The minimum atomic E-state index is -5.22. The van der Waals surface area contributed by atoms with Crippen LogP contribution in [0.25, 0.3) is 33.4 Å². The van der Waals surface area contributed by atoms with E-state index in [1.807, 2.05) is 0 Å². The van der Waals surface area contributed by atoms with Gasteiger partial charge in [-0.1, -0.05) is 6.07 Å². The summed E-state index contributed by atoms with van der Waals surface area (Å²) in [5, 5.41) is 32.5. The number of carbonyl (C=O) groups is 4. The van der Waals surface area contributed by atoms with Crippen LogP contribution in [0, 0.1) is 5.41 Å². The molecule has 0 spiro atoms. The lowest BCUT2D eigenvalue weighted by molar-refractivity contribution is 0.0499. The summed E-state index contributed by atoms with van der Waals surface area (Å²) in [6, 6.07) is 11.3. The number of nitrogens with one attached hydrogen (secondary N) is 3. The molecule has 3 aromatic rings. The maximum Gasteiger partial charge on any atom is 0.360 e. The first kappa shape index (κ1) is 37.9. The molecule has 1 heterocycles. The summed E-state index contributed by atoms with van der Waals surface area (Å²) in [5.74, 6) is -0.415. The van der Waals surface area contributed by atoms with Gasteiger partial charge in [0.15, 0.2) is 21.1 Å². The van der Waals surface area contributed by atoms with Crippen LogP contribution in [0.15, 0.2) is 74.9 Å². The van der Waals surface area contributed by atoms with Gasteiger partial charge in [-0.25, -0.2) is 9.59 Å². The maximum atomic E-state index is 13.0. The molecule has 5 rings (SSSR count). The van der Waals surface area contributed by atoms with Crippen LogP contribution in [0.2, 0.25) is 0 Å². The summed E-state index contributed by atoms with van der Waals surface area (Å²) in [4.78, 5) is 51.6. The summed E-state index contributed by atoms with van der Waals surface area (Å²) in [7, 11) is -10.4. The molecule has 0 bridgehead atoms. The zero-order valence-electron chi connectivity index (χ0n) is 26.7. The third-order valence-corrected chi connectivity index (χ3v) is 9.66. The number of carbonyl (C=O) groups excluding carboxylic acids is 3. The van der Waals surface area contributed by atoms with Gasteiger partial charge in [-0.05, 0) is 66.6 Å². The number of rotatable bonds is 11. The molecule has 3 aromatic carbocycles. The molecular formula is C32H27N5O14S2. The van der Waals surface area contributed by atoms with Crippen LogP contribution < -0.4 is 27.6 Å². The van der Waals surface area contributed by atoms with E-state index in [1.165, 1.54) is 30.3 Å².